The van der Waals surface area contributed by atoms with E-state index in [1.165, 1.54) is 22.7 Å². The van der Waals surface area contributed by atoms with Crippen LogP contribution in [0.15, 0.2) is 91.0 Å². The van der Waals surface area contributed by atoms with Gasteiger partial charge in [-0.05, 0) is 59.7 Å². The van der Waals surface area contributed by atoms with Gasteiger partial charge in [0.25, 0.3) is 0 Å². The minimum Gasteiger partial charge on any atom is -0.496 e. The second kappa shape index (κ2) is 10.6. The van der Waals surface area contributed by atoms with E-state index in [1.807, 2.05) is 30.3 Å². The highest BCUT2D eigenvalue weighted by atomic mass is 19.1. The minimum absolute atomic E-state index is 0.109. The van der Waals surface area contributed by atoms with Crippen LogP contribution < -0.4 is 19.5 Å². The number of ether oxygens (including phenoxy) is 3. The maximum atomic E-state index is 14.1. The molecule has 0 aliphatic carbocycles. The Morgan fingerprint density at radius 3 is 2.55 bits per heavy atom. The molecule has 5 nitrogen and oxygen atoms in total. The van der Waals surface area contributed by atoms with Gasteiger partial charge in [0.1, 0.15) is 24.7 Å². The highest BCUT2D eigenvalue weighted by molar-refractivity contribution is 5.86. The molecule has 0 fully saturated rings. The lowest BCUT2D eigenvalue weighted by Gasteiger charge is -2.22. The van der Waals surface area contributed by atoms with Gasteiger partial charge in [-0.1, -0.05) is 42.5 Å². The molecule has 192 valence electrons. The maximum Gasteiger partial charge on any atom is 0.165 e. The molecule has 0 radical (unpaired) electrons. The van der Waals surface area contributed by atoms with Crippen molar-refractivity contribution in [2.45, 2.75) is 25.7 Å². The molecule has 0 spiro atoms. The van der Waals surface area contributed by atoms with E-state index in [9.17, 15) is 4.39 Å². The number of hydrogen-bond acceptors (Lipinski definition) is 3. The average molecular weight is 510 g/mol. The maximum absolute atomic E-state index is 14.1. The van der Waals surface area contributed by atoms with Crippen molar-refractivity contribution in [1.82, 2.24) is 4.98 Å². The largest absolute Gasteiger partial charge is 0.496 e. The zero-order valence-electron chi connectivity index (χ0n) is 21.2. The topological polar surface area (TPSA) is 60.1 Å². The van der Waals surface area contributed by atoms with Crippen molar-refractivity contribution in [3.05, 3.63) is 125 Å². The molecule has 0 bridgehead atoms. The first kappa shape index (κ1) is 24.1. The highest BCUT2D eigenvalue weighted by Crippen LogP contribution is 2.34. The van der Waals surface area contributed by atoms with Crippen LogP contribution in [0.25, 0.3) is 10.9 Å². The molecular formula is C32H30FN2O3+. The third-order valence-corrected chi connectivity index (χ3v) is 7.15. The van der Waals surface area contributed by atoms with E-state index >= 15 is 0 Å². The van der Waals surface area contributed by atoms with E-state index in [0.29, 0.717) is 6.61 Å². The molecule has 1 aromatic heterocycles. The predicted molar refractivity (Wildman–Crippen MR) is 145 cm³/mol. The number of halogens is 1. The molecule has 0 unspecified atom stereocenters. The first-order chi connectivity index (χ1) is 18.7. The number of aromatic nitrogens is 1. The fourth-order valence-electron chi connectivity index (χ4n) is 5.25. The van der Waals surface area contributed by atoms with Crippen LogP contribution in [0.4, 0.5) is 4.39 Å². The van der Waals surface area contributed by atoms with Gasteiger partial charge >= 0.3 is 0 Å². The number of fused-ring (bicyclic) bond motifs is 3. The van der Waals surface area contributed by atoms with Crippen molar-refractivity contribution >= 4 is 10.9 Å². The molecule has 5 aromatic rings. The van der Waals surface area contributed by atoms with E-state index in [4.69, 9.17) is 14.2 Å². The Hall–Kier alpha value is -4.29. The van der Waals surface area contributed by atoms with Crippen molar-refractivity contribution < 1.29 is 23.9 Å². The van der Waals surface area contributed by atoms with E-state index in [1.54, 1.807) is 25.3 Å². The number of rotatable bonds is 8. The Kier molecular flexibility index (Phi) is 6.71. The highest BCUT2D eigenvalue weighted by Gasteiger charge is 2.29. The normalized spacial score (nSPS) is 14.7. The molecule has 2 heterocycles. The third-order valence-electron chi connectivity index (χ3n) is 7.15. The number of aromatic amines is 1. The second-order valence-electron chi connectivity index (χ2n) is 9.54. The molecular weight excluding hydrogens is 479 g/mol. The van der Waals surface area contributed by atoms with Crippen LogP contribution in [-0.4, -0.2) is 18.6 Å². The van der Waals surface area contributed by atoms with Crippen molar-refractivity contribution in [1.29, 1.82) is 0 Å². The minimum atomic E-state index is -0.377. The summed E-state index contributed by atoms with van der Waals surface area (Å²) >= 11 is 0. The van der Waals surface area contributed by atoms with Gasteiger partial charge in [0.2, 0.25) is 0 Å². The summed E-state index contributed by atoms with van der Waals surface area (Å²) in [6.07, 6.45) is 0.980. The third kappa shape index (κ3) is 4.83. The number of H-pyrrole nitrogens is 1. The molecule has 3 N–H and O–H groups in total. The van der Waals surface area contributed by atoms with Gasteiger partial charge in [-0.15, -0.1) is 0 Å². The summed E-state index contributed by atoms with van der Waals surface area (Å²) in [4.78, 5) is 3.68. The Bertz CT molecular complexity index is 1560. The zero-order valence-corrected chi connectivity index (χ0v) is 21.2. The Labute approximate surface area is 221 Å². The fourth-order valence-corrected chi connectivity index (χ4v) is 5.25. The summed E-state index contributed by atoms with van der Waals surface area (Å²) in [5.74, 6) is 1.44. The van der Waals surface area contributed by atoms with E-state index < -0.39 is 0 Å². The quantitative estimate of drug-likeness (QED) is 0.283. The number of para-hydroxylation sites is 1. The van der Waals surface area contributed by atoms with Gasteiger partial charge in [-0.25, -0.2) is 4.39 Å². The number of nitrogens with one attached hydrogen (secondary N) is 1. The number of nitrogens with two attached hydrogens (primary N) is 1. The fraction of sp³-hybridized carbons (Fsp3) is 0.188. The van der Waals surface area contributed by atoms with Crippen LogP contribution in [-0.2, 0) is 19.6 Å². The molecule has 1 atom stereocenters. The van der Waals surface area contributed by atoms with Crippen molar-refractivity contribution in [2.24, 2.45) is 0 Å². The van der Waals surface area contributed by atoms with Gasteiger partial charge in [-0.3, -0.25) is 0 Å². The Morgan fingerprint density at radius 1 is 0.868 bits per heavy atom. The molecule has 6 heteroatoms. The average Bonchev–Trinajstić information content (AvgIpc) is 3.34. The van der Waals surface area contributed by atoms with E-state index in [0.717, 1.165) is 46.7 Å². The lowest BCUT2D eigenvalue weighted by molar-refractivity contribution is -0.690. The van der Waals surface area contributed by atoms with Crippen LogP contribution >= 0.6 is 0 Å². The van der Waals surface area contributed by atoms with Gasteiger partial charge in [0.05, 0.1) is 19.3 Å². The Balaban J connectivity index is 1.27. The van der Waals surface area contributed by atoms with Crippen LogP contribution in [0.2, 0.25) is 0 Å². The molecule has 38 heavy (non-hydrogen) atoms. The first-order valence-corrected chi connectivity index (χ1v) is 12.9. The van der Waals surface area contributed by atoms with Crippen LogP contribution in [0.1, 0.15) is 34.0 Å². The van der Waals surface area contributed by atoms with Gasteiger partial charge in [-0.2, -0.15) is 0 Å². The van der Waals surface area contributed by atoms with Gasteiger partial charge in [0.15, 0.2) is 17.6 Å². The van der Waals surface area contributed by atoms with Gasteiger partial charge in [0, 0.05) is 28.5 Å². The van der Waals surface area contributed by atoms with Crippen LogP contribution in [0.5, 0.6) is 17.2 Å². The second-order valence-corrected chi connectivity index (χ2v) is 9.54. The smallest absolute Gasteiger partial charge is 0.165 e. The molecule has 1 aliphatic rings. The molecule has 6 rings (SSSR count). The number of methoxy groups -OCH3 is 1. The monoisotopic (exact) mass is 509 g/mol. The van der Waals surface area contributed by atoms with Crippen molar-refractivity contribution in [2.75, 3.05) is 13.7 Å². The summed E-state index contributed by atoms with van der Waals surface area (Å²) in [5, 5.41) is 3.56. The van der Waals surface area contributed by atoms with E-state index in [-0.39, 0.29) is 24.2 Å². The van der Waals surface area contributed by atoms with Crippen LogP contribution in [0, 0.1) is 5.82 Å². The summed E-state index contributed by atoms with van der Waals surface area (Å²) in [5.41, 5.74) is 6.81. The summed E-state index contributed by atoms with van der Waals surface area (Å²) in [6, 6.07) is 29.2. The molecule has 1 aliphatic heterocycles. The summed E-state index contributed by atoms with van der Waals surface area (Å²) < 4.78 is 31.6. The standard InChI is InChI=1S/C32H29FN2O3/c1-36-29-14-11-22(17-23(29)20-38-30-10-6-5-9-27(30)33)31-32-25(15-16-34-31)26-18-24(12-13-28(26)35-32)37-19-21-7-3-2-4-8-21/h2-14,17-18,31,34-35H,15-16,19-20H2,1H3/p+1/t31-/m1/s1. The lowest BCUT2D eigenvalue weighted by Crippen LogP contribution is -2.87. The Morgan fingerprint density at radius 2 is 1.71 bits per heavy atom. The first-order valence-electron chi connectivity index (χ1n) is 12.9. The predicted octanol–water partition coefficient (Wildman–Crippen LogP) is 5.68. The zero-order chi connectivity index (χ0) is 25.9. The molecule has 0 amide bonds. The van der Waals surface area contributed by atoms with Crippen molar-refractivity contribution in [3.8, 4) is 17.2 Å². The summed E-state index contributed by atoms with van der Waals surface area (Å²) in [7, 11) is 1.64. The number of quaternary nitrogens is 1. The summed E-state index contributed by atoms with van der Waals surface area (Å²) in [6.45, 7) is 1.73. The molecule has 0 saturated heterocycles. The van der Waals surface area contributed by atoms with Crippen LogP contribution in [0.3, 0.4) is 0 Å². The van der Waals surface area contributed by atoms with Crippen molar-refractivity contribution in [3.63, 3.8) is 0 Å². The number of benzene rings is 4. The van der Waals surface area contributed by atoms with Gasteiger partial charge < -0.3 is 24.5 Å². The SMILES string of the molecule is COc1ccc([C@H]2[NH2+]CCc3c2[nH]c2ccc(OCc4ccccc4)cc32)cc1COc1ccccc1F. The van der Waals surface area contributed by atoms with E-state index in [2.05, 4.69) is 46.7 Å². The molecule has 0 saturated carbocycles. The number of hydrogen-bond donors (Lipinski definition) is 2. The lowest BCUT2D eigenvalue weighted by atomic mass is 9.93. The molecule has 4 aromatic carbocycles.